The van der Waals surface area contributed by atoms with Gasteiger partial charge in [-0.15, -0.1) is 11.6 Å². The molecule has 13 heavy (non-hydrogen) atoms. The molecule has 1 heterocycles. The van der Waals surface area contributed by atoms with Crippen LogP contribution in [0.25, 0.3) is 0 Å². The van der Waals surface area contributed by atoms with Crippen LogP contribution in [0.15, 0.2) is 6.07 Å². The Kier molecular flexibility index (Phi) is 3.78. The minimum Gasteiger partial charge on any atom is -0.245 e. The van der Waals surface area contributed by atoms with E-state index in [1.54, 1.807) is 22.6 Å². The van der Waals surface area contributed by atoms with Gasteiger partial charge in [-0.25, -0.2) is 18.2 Å². The summed E-state index contributed by atoms with van der Waals surface area (Å²) in [7, 11) is 0. The third-order valence-electron chi connectivity index (χ3n) is 1.37. The number of hydrogen-bond donors (Lipinski definition) is 0. The predicted octanol–water partition coefficient (Wildman–Crippen LogP) is 3.50. The lowest BCUT2D eigenvalue weighted by atomic mass is 10.2. The molecular weight excluding hydrogens is 317 g/mol. The van der Waals surface area contributed by atoms with Gasteiger partial charge in [0, 0.05) is 0 Å². The zero-order valence-corrected chi connectivity index (χ0v) is 9.11. The van der Waals surface area contributed by atoms with E-state index in [-0.39, 0.29) is 15.3 Å². The lowest BCUT2D eigenvalue weighted by Crippen LogP contribution is -2.01. The van der Waals surface area contributed by atoms with Crippen LogP contribution in [0, 0.1) is 9.52 Å². The van der Waals surface area contributed by atoms with Crippen molar-refractivity contribution in [3.8, 4) is 0 Å². The number of nitrogens with zero attached hydrogens (tertiary/aromatic N) is 1. The van der Waals surface area contributed by atoms with Gasteiger partial charge >= 0.3 is 0 Å². The molecule has 6 heteroatoms. The summed E-state index contributed by atoms with van der Waals surface area (Å²) in [6.07, 6.45) is -2.84. The Balaban J connectivity index is 3.23. The molecule has 1 rings (SSSR count). The Morgan fingerprint density at radius 2 is 2.15 bits per heavy atom. The SMILES string of the molecule is Fc1cc(CCl)nc(I)c1C(F)F. The maximum absolute atomic E-state index is 13.0. The molecule has 0 aliphatic carbocycles. The molecule has 72 valence electrons. The number of pyridine rings is 1. The van der Waals surface area contributed by atoms with Crippen molar-refractivity contribution in [3.63, 3.8) is 0 Å². The third-order valence-corrected chi connectivity index (χ3v) is 2.47. The van der Waals surface area contributed by atoms with Crippen LogP contribution >= 0.6 is 34.2 Å². The van der Waals surface area contributed by atoms with Crippen LogP contribution < -0.4 is 0 Å². The van der Waals surface area contributed by atoms with Gasteiger partial charge in [0.1, 0.15) is 9.52 Å². The quantitative estimate of drug-likeness (QED) is 0.461. The average Bonchev–Trinajstić information content (AvgIpc) is 2.02. The predicted molar refractivity (Wildman–Crippen MR) is 51.4 cm³/mol. The van der Waals surface area contributed by atoms with Gasteiger partial charge in [0.2, 0.25) is 0 Å². The molecule has 0 aliphatic rings. The van der Waals surface area contributed by atoms with E-state index in [1.807, 2.05) is 0 Å². The van der Waals surface area contributed by atoms with Gasteiger partial charge in [-0.2, -0.15) is 0 Å². The number of rotatable bonds is 2. The highest BCUT2D eigenvalue weighted by Crippen LogP contribution is 2.26. The second-order valence-corrected chi connectivity index (χ2v) is 3.52. The Hall–Kier alpha value is -0.0400. The van der Waals surface area contributed by atoms with Crippen molar-refractivity contribution in [1.82, 2.24) is 4.98 Å². The molecule has 0 radical (unpaired) electrons. The lowest BCUT2D eigenvalue weighted by Gasteiger charge is -2.05. The number of alkyl halides is 3. The molecular formula is C7H4ClF3IN. The van der Waals surface area contributed by atoms with Gasteiger partial charge in [0.15, 0.2) is 0 Å². The van der Waals surface area contributed by atoms with E-state index in [4.69, 9.17) is 11.6 Å². The zero-order chi connectivity index (χ0) is 10.0. The van der Waals surface area contributed by atoms with Gasteiger partial charge < -0.3 is 0 Å². The molecule has 0 aliphatic heterocycles. The van der Waals surface area contributed by atoms with E-state index in [0.717, 1.165) is 6.07 Å². The summed E-state index contributed by atoms with van der Waals surface area (Å²) in [5.74, 6) is -0.943. The fourth-order valence-corrected chi connectivity index (χ4v) is 1.74. The van der Waals surface area contributed by atoms with Crippen molar-refractivity contribution in [2.24, 2.45) is 0 Å². The Morgan fingerprint density at radius 1 is 1.54 bits per heavy atom. The first kappa shape index (κ1) is 11.0. The summed E-state index contributed by atoms with van der Waals surface area (Å²) in [6.45, 7) is 0. The van der Waals surface area contributed by atoms with E-state index in [9.17, 15) is 13.2 Å². The van der Waals surface area contributed by atoms with Crippen LogP contribution in [0.3, 0.4) is 0 Å². The van der Waals surface area contributed by atoms with Gasteiger partial charge in [-0.05, 0) is 28.7 Å². The molecule has 0 spiro atoms. The molecule has 0 N–H and O–H groups in total. The molecule has 0 fully saturated rings. The molecule has 0 unspecified atom stereocenters. The van der Waals surface area contributed by atoms with Crippen LogP contribution in [-0.2, 0) is 5.88 Å². The number of hydrogen-bond acceptors (Lipinski definition) is 1. The molecule has 1 aromatic rings. The van der Waals surface area contributed by atoms with E-state index in [2.05, 4.69) is 4.98 Å². The Morgan fingerprint density at radius 3 is 2.54 bits per heavy atom. The molecule has 0 saturated carbocycles. The highest BCUT2D eigenvalue weighted by Gasteiger charge is 2.19. The molecule has 0 atom stereocenters. The normalized spacial score (nSPS) is 10.9. The maximum atomic E-state index is 13.0. The standard InChI is InChI=1S/C7H4ClF3IN/c8-2-3-1-4(9)5(6(10)11)7(12)13-3/h1,6H,2H2. The van der Waals surface area contributed by atoms with E-state index >= 15 is 0 Å². The van der Waals surface area contributed by atoms with Crippen molar-refractivity contribution in [1.29, 1.82) is 0 Å². The minimum absolute atomic E-state index is 0.0104. The number of halogens is 5. The summed E-state index contributed by atoms with van der Waals surface area (Å²) in [4.78, 5) is 3.71. The summed E-state index contributed by atoms with van der Waals surface area (Å²) < 4.78 is 37.3. The third kappa shape index (κ3) is 2.46. The molecule has 0 saturated heterocycles. The van der Waals surface area contributed by atoms with Crippen molar-refractivity contribution < 1.29 is 13.2 Å². The fraction of sp³-hybridized carbons (Fsp3) is 0.286. The molecule has 0 bridgehead atoms. The van der Waals surface area contributed by atoms with E-state index in [1.165, 1.54) is 0 Å². The molecule has 1 nitrogen and oxygen atoms in total. The van der Waals surface area contributed by atoms with Crippen molar-refractivity contribution in [2.45, 2.75) is 12.3 Å². The Bertz CT molecular complexity index is 296. The second-order valence-electron chi connectivity index (χ2n) is 2.23. The van der Waals surface area contributed by atoms with Crippen molar-refractivity contribution >= 4 is 34.2 Å². The summed E-state index contributed by atoms with van der Waals surface area (Å²) in [6, 6.07) is 0.927. The lowest BCUT2D eigenvalue weighted by molar-refractivity contribution is 0.144. The summed E-state index contributed by atoms with van der Waals surface area (Å²) in [5, 5.41) is 0. The fourth-order valence-electron chi connectivity index (χ4n) is 0.804. The zero-order valence-electron chi connectivity index (χ0n) is 6.20. The highest BCUT2D eigenvalue weighted by atomic mass is 127. The number of aromatic nitrogens is 1. The first-order valence-electron chi connectivity index (χ1n) is 3.25. The first-order chi connectivity index (χ1) is 6.06. The first-order valence-corrected chi connectivity index (χ1v) is 4.86. The molecule has 0 aromatic carbocycles. The molecule has 0 amide bonds. The van der Waals surface area contributed by atoms with Crippen LogP contribution in [0.1, 0.15) is 17.7 Å². The van der Waals surface area contributed by atoms with Gasteiger partial charge in [-0.1, -0.05) is 0 Å². The largest absolute Gasteiger partial charge is 0.269 e. The van der Waals surface area contributed by atoms with Crippen molar-refractivity contribution in [2.75, 3.05) is 0 Å². The minimum atomic E-state index is -2.84. The Labute approximate surface area is 91.4 Å². The summed E-state index contributed by atoms with van der Waals surface area (Å²) >= 11 is 6.94. The van der Waals surface area contributed by atoms with Crippen LogP contribution in [0.4, 0.5) is 13.2 Å². The van der Waals surface area contributed by atoms with Gasteiger partial charge in [0.05, 0.1) is 17.1 Å². The highest BCUT2D eigenvalue weighted by molar-refractivity contribution is 14.1. The monoisotopic (exact) mass is 321 g/mol. The van der Waals surface area contributed by atoms with Crippen molar-refractivity contribution in [3.05, 3.63) is 26.8 Å². The van der Waals surface area contributed by atoms with E-state index < -0.39 is 17.8 Å². The van der Waals surface area contributed by atoms with Crippen LogP contribution in [0.2, 0.25) is 0 Å². The topological polar surface area (TPSA) is 12.9 Å². The smallest absolute Gasteiger partial charge is 0.245 e. The van der Waals surface area contributed by atoms with Gasteiger partial charge in [0.25, 0.3) is 6.43 Å². The average molecular weight is 321 g/mol. The van der Waals surface area contributed by atoms with Gasteiger partial charge in [-0.3, -0.25) is 0 Å². The second kappa shape index (κ2) is 4.45. The molecule has 1 aromatic heterocycles. The summed E-state index contributed by atoms with van der Waals surface area (Å²) in [5.41, 5.74) is -0.401. The van der Waals surface area contributed by atoms with Crippen LogP contribution in [0.5, 0.6) is 0 Å². The van der Waals surface area contributed by atoms with Crippen LogP contribution in [-0.4, -0.2) is 4.98 Å². The maximum Gasteiger partial charge on any atom is 0.269 e. The van der Waals surface area contributed by atoms with E-state index in [0.29, 0.717) is 0 Å².